The molecule has 0 radical (unpaired) electrons. The summed E-state index contributed by atoms with van der Waals surface area (Å²) >= 11 is 0. The summed E-state index contributed by atoms with van der Waals surface area (Å²) < 4.78 is 0. The number of rotatable bonds is 3. The summed E-state index contributed by atoms with van der Waals surface area (Å²) in [5.74, 6) is -1.70. The average molecular weight is 147 g/mol. The van der Waals surface area contributed by atoms with Gasteiger partial charge in [0.25, 0.3) is 0 Å². The van der Waals surface area contributed by atoms with Crippen molar-refractivity contribution >= 4 is 11.9 Å². The van der Waals surface area contributed by atoms with E-state index in [-0.39, 0.29) is 12.5 Å². The van der Waals surface area contributed by atoms with Crippen LogP contribution in [0, 0.1) is 0 Å². The molecule has 0 saturated heterocycles. The number of hydrogen-bond acceptors (Lipinski definition) is 3. The molecule has 0 heterocycles. The van der Waals surface area contributed by atoms with Crippen LogP contribution in [0.5, 0.6) is 0 Å². The van der Waals surface area contributed by atoms with Crippen molar-refractivity contribution in [1.82, 2.24) is 5.32 Å². The summed E-state index contributed by atoms with van der Waals surface area (Å²) in [6.07, 6.45) is -1.51. The Morgan fingerprint density at radius 1 is 1.60 bits per heavy atom. The molecule has 0 spiro atoms. The molecule has 0 aromatic carbocycles. The lowest BCUT2D eigenvalue weighted by molar-refractivity contribution is -0.146. The minimum atomic E-state index is -1.51. The van der Waals surface area contributed by atoms with Gasteiger partial charge in [-0.25, -0.2) is 4.79 Å². The van der Waals surface area contributed by atoms with E-state index in [0.717, 1.165) is 0 Å². The summed E-state index contributed by atoms with van der Waals surface area (Å²) in [6, 6.07) is 0. The van der Waals surface area contributed by atoms with Gasteiger partial charge in [-0.05, 0) is 0 Å². The Hall–Kier alpha value is -1.10. The number of aliphatic hydroxyl groups excluding tert-OH is 1. The van der Waals surface area contributed by atoms with Crippen LogP contribution in [0.4, 0.5) is 0 Å². The van der Waals surface area contributed by atoms with Crippen LogP contribution in [-0.2, 0) is 9.59 Å². The second kappa shape index (κ2) is 3.84. The number of aliphatic hydroxyl groups is 1. The Bertz CT molecular complexity index is 145. The van der Waals surface area contributed by atoms with Gasteiger partial charge in [0.1, 0.15) is 0 Å². The third-order valence-corrected chi connectivity index (χ3v) is 0.829. The van der Waals surface area contributed by atoms with Crippen molar-refractivity contribution in [3.8, 4) is 0 Å². The second-order valence-corrected chi connectivity index (χ2v) is 1.79. The zero-order valence-corrected chi connectivity index (χ0v) is 5.50. The molecule has 0 aromatic heterocycles. The van der Waals surface area contributed by atoms with Crippen LogP contribution in [0.1, 0.15) is 6.92 Å². The highest BCUT2D eigenvalue weighted by Crippen LogP contribution is 1.78. The van der Waals surface area contributed by atoms with Gasteiger partial charge in [-0.15, -0.1) is 0 Å². The number of nitrogens with one attached hydrogen (secondary N) is 1. The van der Waals surface area contributed by atoms with E-state index in [9.17, 15) is 9.59 Å². The maximum atomic E-state index is 10.2. The molecule has 0 aliphatic rings. The molecule has 5 heteroatoms. The molecule has 5 nitrogen and oxygen atoms in total. The van der Waals surface area contributed by atoms with Crippen molar-refractivity contribution < 1.29 is 19.8 Å². The Labute approximate surface area is 57.7 Å². The van der Waals surface area contributed by atoms with Crippen LogP contribution in [0.15, 0.2) is 0 Å². The van der Waals surface area contributed by atoms with Gasteiger partial charge in [-0.3, -0.25) is 4.79 Å². The summed E-state index contributed by atoms with van der Waals surface area (Å²) in [5.41, 5.74) is 0. The molecule has 10 heavy (non-hydrogen) atoms. The number of hydrogen-bond donors (Lipinski definition) is 3. The van der Waals surface area contributed by atoms with Crippen molar-refractivity contribution in [2.24, 2.45) is 0 Å². The fourth-order valence-electron chi connectivity index (χ4n) is 0.328. The first-order valence-electron chi connectivity index (χ1n) is 2.69. The number of carbonyl (C=O) groups excluding carboxylic acids is 1. The van der Waals surface area contributed by atoms with Gasteiger partial charge in [-0.2, -0.15) is 0 Å². The van der Waals surface area contributed by atoms with Crippen molar-refractivity contribution in [2.75, 3.05) is 6.54 Å². The van der Waals surface area contributed by atoms with Gasteiger partial charge in [-0.1, -0.05) is 0 Å². The maximum Gasteiger partial charge on any atom is 0.334 e. The third kappa shape index (κ3) is 3.85. The molecule has 1 unspecified atom stereocenters. The standard InChI is InChI=1S/C5H9NO4/c1-3(7)6-2-4(8)5(9)10/h4,8H,2H2,1H3,(H,6,7)(H,9,10). The van der Waals surface area contributed by atoms with Crippen molar-refractivity contribution in [1.29, 1.82) is 0 Å². The fourth-order valence-corrected chi connectivity index (χ4v) is 0.328. The minimum absolute atomic E-state index is 0.245. The molecule has 0 rings (SSSR count). The molecule has 0 aromatic rings. The van der Waals surface area contributed by atoms with Gasteiger partial charge < -0.3 is 15.5 Å². The van der Waals surface area contributed by atoms with Crippen LogP contribution >= 0.6 is 0 Å². The van der Waals surface area contributed by atoms with Gasteiger partial charge >= 0.3 is 5.97 Å². The molecule has 58 valence electrons. The fraction of sp³-hybridized carbons (Fsp3) is 0.600. The van der Waals surface area contributed by atoms with Crippen LogP contribution in [0.25, 0.3) is 0 Å². The van der Waals surface area contributed by atoms with Crippen molar-refractivity contribution in [2.45, 2.75) is 13.0 Å². The molecule has 3 N–H and O–H groups in total. The molecule has 1 atom stereocenters. The molecule has 0 saturated carbocycles. The summed E-state index contributed by atoms with van der Waals surface area (Å²) in [7, 11) is 0. The van der Waals surface area contributed by atoms with E-state index < -0.39 is 12.1 Å². The highest BCUT2D eigenvalue weighted by molar-refractivity contribution is 5.76. The van der Waals surface area contributed by atoms with Gasteiger partial charge in [0.05, 0.1) is 6.54 Å². The van der Waals surface area contributed by atoms with Crippen LogP contribution in [0.3, 0.4) is 0 Å². The van der Waals surface area contributed by atoms with E-state index in [1.54, 1.807) is 0 Å². The quantitative estimate of drug-likeness (QED) is 0.456. The zero-order valence-electron chi connectivity index (χ0n) is 5.50. The average Bonchev–Trinajstić information content (AvgIpc) is 1.82. The number of carboxylic acid groups (broad SMARTS) is 1. The monoisotopic (exact) mass is 147 g/mol. The Morgan fingerprint density at radius 3 is 2.40 bits per heavy atom. The third-order valence-electron chi connectivity index (χ3n) is 0.829. The molecule has 0 bridgehead atoms. The SMILES string of the molecule is CC(=O)NCC(O)C(=O)O. The van der Waals surface area contributed by atoms with Crippen LogP contribution in [-0.4, -0.2) is 34.7 Å². The highest BCUT2D eigenvalue weighted by atomic mass is 16.4. The number of amides is 1. The second-order valence-electron chi connectivity index (χ2n) is 1.79. The molecule has 1 amide bonds. The van der Waals surface area contributed by atoms with Gasteiger partial charge in [0, 0.05) is 6.92 Å². The lowest BCUT2D eigenvalue weighted by atomic mass is 10.3. The van der Waals surface area contributed by atoms with Crippen molar-refractivity contribution in [3.63, 3.8) is 0 Å². The largest absolute Gasteiger partial charge is 0.479 e. The molecule has 0 fully saturated rings. The predicted octanol–water partition coefficient (Wildman–Crippen LogP) is -1.43. The molecule has 0 aliphatic carbocycles. The van der Waals surface area contributed by atoms with Gasteiger partial charge in [0.15, 0.2) is 6.10 Å². The van der Waals surface area contributed by atoms with Crippen LogP contribution < -0.4 is 5.32 Å². The van der Waals surface area contributed by atoms with E-state index in [0.29, 0.717) is 0 Å². The normalized spacial score (nSPS) is 12.2. The predicted molar refractivity (Wildman–Crippen MR) is 32.3 cm³/mol. The van der Waals surface area contributed by atoms with E-state index in [4.69, 9.17) is 10.2 Å². The molecular weight excluding hydrogens is 138 g/mol. The van der Waals surface area contributed by atoms with E-state index >= 15 is 0 Å². The topological polar surface area (TPSA) is 86.6 Å². The summed E-state index contributed by atoms with van der Waals surface area (Å²) in [5, 5.41) is 18.8. The lowest BCUT2D eigenvalue weighted by Gasteiger charge is -2.04. The smallest absolute Gasteiger partial charge is 0.334 e. The molecular formula is C5H9NO4. The number of carboxylic acids is 1. The highest BCUT2D eigenvalue weighted by Gasteiger charge is 2.11. The van der Waals surface area contributed by atoms with E-state index in [1.165, 1.54) is 6.92 Å². The molecule has 0 aliphatic heterocycles. The maximum absolute atomic E-state index is 10.2. The van der Waals surface area contributed by atoms with Gasteiger partial charge in [0.2, 0.25) is 5.91 Å². The summed E-state index contributed by atoms with van der Waals surface area (Å²) in [4.78, 5) is 20.1. The van der Waals surface area contributed by atoms with Crippen LogP contribution in [0.2, 0.25) is 0 Å². The van der Waals surface area contributed by atoms with E-state index in [2.05, 4.69) is 5.32 Å². The first-order valence-corrected chi connectivity index (χ1v) is 2.69. The number of carbonyl (C=O) groups is 2. The Balaban J connectivity index is 3.49. The number of aliphatic carboxylic acids is 1. The first kappa shape index (κ1) is 8.90. The lowest BCUT2D eigenvalue weighted by Crippen LogP contribution is -2.35. The summed E-state index contributed by atoms with van der Waals surface area (Å²) in [6.45, 7) is 0.999. The first-order chi connectivity index (χ1) is 4.54. The Kier molecular flexibility index (Phi) is 3.42. The zero-order chi connectivity index (χ0) is 8.15. The van der Waals surface area contributed by atoms with E-state index in [1.807, 2.05) is 0 Å². The Morgan fingerprint density at radius 2 is 2.10 bits per heavy atom. The minimum Gasteiger partial charge on any atom is -0.479 e. The van der Waals surface area contributed by atoms with Crippen molar-refractivity contribution in [3.05, 3.63) is 0 Å².